The lowest BCUT2D eigenvalue weighted by atomic mass is 10.1. The van der Waals surface area contributed by atoms with E-state index in [9.17, 15) is 0 Å². The Balaban J connectivity index is 2.37. The maximum Gasteiger partial charge on any atom is 0.125 e. The minimum absolute atomic E-state index is 0.853. The van der Waals surface area contributed by atoms with Crippen molar-refractivity contribution in [3.8, 4) is 5.75 Å². The van der Waals surface area contributed by atoms with Crippen molar-refractivity contribution in [3.05, 3.63) is 29.3 Å². The van der Waals surface area contributed by atoms with Crippen LogP contribution in [0.3, 0.4) is 0 Å². The summed E-state index contributed by atoms with van der Waals surface area (Å²) in [6.07, 6.45) is 5.04. The van der Waals surface area contributed by atoms with Crippen molar-refractivity contribution >= 4 is 0 Å². The smallest absolute Gasteiger partial charge is 0.125 e. The van der Waals surface area contributed by atoms with Gasteiger partial charge in [0.1, 0.15) is 5.75 Å². The van der Waals surface area contributed by atoms with Crippen LogP contribution in [0.1, 0.15) is 43.7 Å². The van der Waals surface area contributed by atoms with Crippen LogP contribution in [-0.2, 0) is 0 Å². The molecule has 0 N–H and O–H groups in total. The molecule has 1 aromatic carbocycles. The fourth-order valence-corrected chi connectivity index (χ4v) is 1.73. The van der Waals surface area contributed by atoms with E-state index in [2.05, 4.69) is 39.0 Å². The van der Waals surface area contributed by atoms with Crippen molar-refractivity contribution < 1.29 is 4.74 Å². The van der Waals surface area contributed by atoms with Crippen LogP contribution in [0.25, 0.3) is 0 Å². The summed E-state index contributed by atoms with van der Waals surface area (Å²) in [6.45, 7) is 7.29. The Kier molecular flexibility index (Phi) is 5.23. The number of benzene rings is 1. The highest BCUT2D eigenvalue weighted by Crippen LogP contribution is 2.22. The topological polar surface area (TPSA) is 9.23 Å². The van der Waals surface area contributed by atoms with E-state index in [1.54, 1.807) is 0 Å². The third-order valence-corrected chi connectivity index (χ3v) is 2.65. The quantitative estimate of drug-likeness (QED) is 0.632. The second kappa shape index (κ2) is 6.49. The molecule has 1 heteroatoms. The third kappa shape index (κ3) is 3.94. The summed E-state index contributed by atoms with van der Waals surface area (Å²) in [5.41, 5.74) is 2.48. The van der Waals surface area contributed by atoms with E-state index in [0.717, 1.165) is 12.4 Å². The van der Waals surface area contributed by atoms with Crippen molar-refractivity contribution in [1.29, 1.82) is 0 Å². The zero-order chi connectivity index (χ0) is 11.1. The van der Waals surface area contributed by atoms with E-state index in [0.29, 0.717) is 0 Å². The molecule has 0 atom stereocenters. The fourth-order valence-electron chi connectivity index (χ4n) is 1.73. The lowest BCUT2D eigenvalue weighted by Crippen LogP contribution is -2.00. The molecule has 0 aliphatic carbocycles. The van der Waals surface area contributed by atoms with Gasteiger partial charge in [0.25, 0.3) is 0 Å². The van der Waals surface area contributed by atoms with Gasteiger partial charge in [-0.05, 0) is 31.4 Å². The van der Waals surface area contributed by atoms with Gasteiger partial charge in [0.2, 0.25) is 0 Å². The summed E-state index contributed by atoms with van der Waals surface area (Å²) < 4.78 is 5.81. The predicted octanol–water partition coefficient (Wildman–Crippen LogP) is 4.26. The summed E-state index contributed by atoms with van der Waals surface area (Å²) in [6, 6.07) is 6.29. The molecule has 0 bridgehead atoms. The predicted molar refractivity (Wildman–Crippen MR) is 65.6 cm³/mol. The molecule has 15 heavy (non-hydrogen) atoms. The Morgan fingerprint density at radius 3 is 2.27 bits per heavy atom. The van der Waals surface area contributed by atoms with Crippen molar-refractivity contribution in [3.63, 3.8) is 0 Å². The maximum absolute atomic E-state index is 5.81. The molecule has 0 saturated carbocycles. The number of rotatable bonds is 6. The molecule has 0 aliphatic heterocycles. The molecule has 1 nitrogen and oxygen atoms in total. The van der Waals surface area contributed by atoms with E-state index in [4.69, 9.17) is 4.74 Å². The average Bonchev–Trinajstić information content (AvgIpc) is 2.21. The molecule has 0 unspecified atom stereocenters. The molecule has 0 spiro atoms. The van der Waals surface area contributed by atoms with Crippen LogP contribution < -0.4 is 4.74 Å². The molecule has 0 aliphatic rings. The van der Waals surface area contributed by atoms with Gasteiger partial charge >= 0.3 is 0 Å². The summed E-state index contributed by atoms with van der Waals surface area (Å²) >= 11 is 0. The first kappa shape index (κ1) is 12.1. The van der Waals surface area contributed by atoms with E-state index in [-0.39, 0.29) is 0 Å². The summed E-state index contributed by atoms with van der Waals surface area (Å²) in [5.74, 6) is 1.08. The van der Waals surface area contributed by atoms with Gasteiger partial charge < -0.3 is 4.74 Å². The molecule has 0 saturated heterocycles. The number of unbranched alkanes of at least 4 members (excludes halogenated alkanes) is 3. The van der Waals surface area contributed by atoms with Crippen molar-refractivity contribution in [2.75, 3.05) is 6.61 Å². The molecule has 0 aromatic heterocycles. The molecular weight excluding hydrogens is 184 g/mol. The van der Waals surface area contributed by atoms with E-state index in [1.807, 2.05) is 0 Å². The largest absolute Gasteiger partial charge is 0.493 e. The zero-order valence-corrected chi connectivity index (χ0v) is 10.2. The first-order chi connectivity index (χ1) is 7.25. The Labute approximate surface area is 93.5 Å². The van der Waals surface area contributed by atoms with Crippen molar-refractivity contribution in [2.24, 2.45) is 0 Å². The Bertz CT molecular complexity index is 271. The van der Waals surface area contributed by atoms with E-state index in [1.165, 1.54) is 36.8 Å². The molecule has 0 radical (unpaired) electrons. The highest BCUT2D eigenvalue weighted by atomic mass is 16.5. The van der Waals surface area contributed by atoms with Crippen LogP contribution in [0, 0.1) is 13.8 Å². The van der Waals surface area contributed by atoms with Crippen LogP contribution in [0.4, 0.5) is 0 Å². The molecule has 0 amide bonds. The number of hydrogen-bond donors (Lipinski definition) is 0. The van der Waals surface area contributed by atoms with Gasteiger partial charge in [-0.3, -0.25) is 0 Å². The SMILES string of the molecule is CCCCCCOc1c(C)cccc1C. The van der Waals surface area contributed by atoms with Crippen LogP contribution in [0.5, 0.6) is 5.75 Å². The van der Waals surface area contributed by atoms with Crippen molar-refractivity contribution in [2.45, 2.75) is 46.5 Å². The van der Waals surface area contributed by atoms with Gasteiger partial charge in [-0.2, -0.15) is 0 Å². The normalized spacial score (nSPS) is 10.3. The Morgan fingerprint density at radius 1 is 1.00 bits per heavy atom. The lowest BCUT2D eigenvalue weighted by Gasteiger charge is -2.11. The molecule has 1 aromatic rings. The highest BCUT2D eigenvalue weighted by Gasteiger charge is 2.01. The summed E-state index contributed by atoms with van der Waals surface area (Å²) in [5, 5.41) is 0. The first-order valence-corrected chi connectivity index (χ1v) is 5.94. The molecule has 84 valence electrons. The zero-order valence-electron chi connectivity index (χ0n) is 10.2. The standard InChI is InChI=1S/C14H22O/c1-4-5-6-7-11-15-14-12(2)9-8-10-13(14)3/h8-10H,4-7,11H2,1-3H3. The molecule has 1 rings (SSSR count). The second-order valence-electron chi connectivity index (χ2n) is 4.13. The van der Waals surface area contributed by atoms with E-state index < -0.39 is 0 Å². The Hall–Kier alpha value is -0.980. The van der Waals surface area contributed by atoms with Crippen LogP contribution >= 0.6 is 0 Å². The van der Waals surface area contributed by atoms with Crippen LogP contribution in [0.2, 0.25) is 0 Å². The summed E-state index contributed by atoms with van der Waals surface area (Å²) in [7, 11) is 0. The molecule has 0 fully saturated rings. The number of aryl methyl sites for hydroxylation is 2. The number of para-hydroxylation sites is 1. The van der Waals surface area contributed by atoms with Gasteiger partial charge in [0, 0.05) is 0 Å². The first-order valence-electron chi connectivity index (χ1n) is 5.94. The second-order valence-corrected chi connectivity index (χ2v) is 4.13. The van der Waals surface area contributed by atoms with Crippen LogP contribution in [-0.4, -0.2) is 6.61 Å². The van der Waals surface area contributed by atoms with Gasteiger partial charge in [-0.1, -0.05) is 44.4 Å². The molecule has 0 heterocycles. The van der Waals surface area contributed by atoms with Crippen LogP contribution in [0.15, 0.2) is 18.2 Å². The van der Waals surface area contributed by atoms with Gasteiger partial charge in [-0.15, -0.1) is 0 Å². The lowest BCUT2D eigenvalue weighted by molar-refractivity contribution is 0.301. The monoisotopic (exact) mass is 206 g/mol. The van der Waals surface area contributed by atoms with Crippen molar-refractivity contribution in [1.82, 2.24) is 0 Å². The number of hydrogen-bond acceptors (Lipinski definition) is 1. The Morgan fingerprint density at radius 2 is 1.67 bits per heavy atom. The minimum Gasteiger partial charge on any atom is -0.493 e. The van der Waals surface area contributed by atoms with Gasteiger partial charge in [0.15, 0.2) is 0 Å². The fraction of sp³-hybridized carbons (Fsp3) is 0.571. The average molecular weight is 206 g/mol. The van der Waals surface area contributed by atoms with Gasteiger partial charge in [0.05, 0.1) is 6.61 Å². The third-order valence-electron chi connectivity index (χ3n) is 2.65. The number of ether oxygens (including phenoxy) is 1. The minimum atomic E-state index is 0.853. The highest BCUT2D eigenvalue weighted by molar-refractivity contribution is 5.39. The van der Waals surface area contributed by atoms with E-state index >= 15 is 0 Å². The van der Waals surface area contributed by atoms with Gasteiger partial charge in [-0.25, -0.2) is 0 Å². The maximum atomic E-state index is 5.81. The summed E-state index contributed by atoms with van der Waals surface area (Å²) in [4.78, 5) is 0. The molecular formula is C14H22O.